The highest BCUT2D eigenvalue weighted by Crippen LogP contribution is 2.28. The van der Waals surface area contributed by atoms with E-state index in [1.54, 1.807) is 4.90 Å². The Labute approximate surface area is 152 Å². The van der Waals surface area contributed by atoms with Gasteiger partial charge in [-0.25, -0.2) is 15.0 Å². The van der Waals surface area contributed by atoms with Gasteiger partial charge in [-0.1, -0.05) is 0 Å². The molecule has 0 aliphatic carbocycles. The molecule has 0 bridgehead atoms. The molecule has 9 nitrogen and oxygen atoms in total. The first-order chi connectivity index (χ1) is 12.7. The molecule has 2 aromatic heterocycles. The third-order valence-corrected chi connectivity index (χ3v) is 4.20. The van der Waals surface area contributed by atoms with Crippen molar-refractivity contribution in [2.75, 3.05) is 36.0 Å². The molecule has 0 saturated carbocycles. The Kier molecular flexibility index (Phi) is 5.15. The number of alkyl halides is 3. The third-order valence-electron chi connectivity index (χ3n) is 4.20. The zero-order valence-corrected chi connectivity index (χ0v) is 14.4. The molecule has 1 unspecified atom stereocenters. The van der Waals surface area contributed by atoms with E-state index in [1.807, 2.05) is 4.90 Å². The van der Waals surface area contributed by atoms with Gasteiger partial charge in [-0.15, -0.1) is 0 Å². The molecule has 27 heavy (non-hydrogen) atoms. The maximum atomic E-state index is 12.6. The van der Waals surface area contributed by atoms with E-state index in [9.17, 15) is 23.3 Å². The summed E-state index contributed by atoms with van der Waals surface area (Å²) in [6, 6.07) is -0.395. The van der Waals surface area contributed by atoms with Crippen LogP contribution in [0.5, 0.6) is 0 Å². The average molecular weight is 386 g/mol. The molecule has 3 heterocycles. The van der Waals surface area contributed by atoms with Crippen LogP contribution in [0.4, 0.5) is 25.1 Å². The topological polar surface area (TPSA) is 101 Å². The van der Waals surface area contributed by atoms with Crippen LogP contribution in [0.25, 0.3) is 0 Å². The van der Waals surface area contributed by atoms with Crippen LogP contribution in [0.2, 0.25) is 0 Å². The molecule has 146 valence electrons. The second-order valence-corrected chi connectivity index (χ2v) is 6.19. The monoisotopic (exact) mass is 386 g/mol. The van der Waals surface area contributed by atoms with Crippen molar-refractivity contribution < 1.29 is 22.5 Å². The smallest absolute Gasteiger partial charge is 0.419 e. The average Bonchev–Trinajstić information content (AvgIpc) is 3.09. The van der Waals surface area contributed by atoms with Gasteiger partial charge in [0.25, 0.3) is 6.01 Å². The minimum Gasteiger partial charge on any atom is -0.428 e. The van der Waals surface area contributed by atoms with Crippen LogP contribution in [0, 0.1) is 10.1 Å². The second-order valence-electron chi connectivity index (χ2n) is 6.19. The summed E-state index contributed by atoms with van der Waals surface area (Å²) in [5.41, 5.74) is -0.888. The van der Waals surface area contributed by atoms with E-state index in [2.05, 4.69) is 15.0 Å². The van der Waals surface area contributed by atoms with Crippen LogP contribution in [0.1, 0.15) is 18.2 Å². The standard InChI is InChI=1S/C15H17F3N6O3/c1-10(24(25)26)6-12-9-21-14(27-12)23-4-2-22(3-5-23)13-19-7-11(8-20-13)15(16,17)18/h7-10H,2-6H2,1H3. The van der Waals surface area contributed by atoms with Crippen LogP contribution < -0.4 is 9.80 Å². The Morgan fingerprint density at radius 2 is 1.74 bits per heavy atom. The Morgan fingerprint density at radius 1 is 1.15 bits per heavy atom. The first-order valence-corrected chi connectivity index (χ1v) is 8.21. The Hall–Kier alpha value is -2.92. The molecule has 3 rings (SSSR count). The molecule has 1 fully saturated rings. The lowest BCUT2D eigenvalue weighted by atomic mass is 10.2. The molecule has 1 aliphatic heterocycles. The van der Waals surface area contributed by atoms with E-state index in [4.69, 9.17) is 4.42 Å². The Bertz CT molecular complexity index is 787. The summed E-state index contributed by atoms with van der Waals surface area (Å²) in [5.74, 6) is 0.665. The minimum atomic E-state index is -4.47. The molecule has 0 N–H and O–H groups in total. The lowest BCUT2D eigenvalue weighted by Crippen LogP contribution is -2.47. The van der Waals surface area contributed by atoms with Crippen LogP contribution in [-0.4, -0.2) is 52.1 Å². The number of rotatable bonds is 5. The summed E-state index contributed by atoms with van der Waals surface area (Å²) in [4.78, 5) is 25.7. The second kappa shape index (κ2) is 7.37. The highest BCUT2D eigenvalue weighted by Gasteiger charge is 2.32. The zero-order chi connectivity index (χ0) is 19.6. The van der Waals surface area contributed by atoms with Crippen LogP contribution in [0.15, 0.2) is 23.0 Å². The van der Waals surface area contributed by atoms with Crippen molar-refractivity contribution in [1.29, 1.82) is 0 Å². The Balaban J connectivity index is 1.57. The molecule has 1 saturated heterocycles. The van der Waals surface area contributed by atoms with E-state index < -0.39 is 17.8 Å². The Morgan fingerprint density at radius 3 is 2.30 bits per heavy atom. The maximum Gasteiger partial charge on any atom is 0.419 e. The quantitative estimate of drug-likeness (QED) is 0.568. The summed E-state index contributed by atoms with van der Waals surface area (Å²) < 4.78 is 43.3. The number of hydrogen-bond acceptors (Lipinski definition) is 8. The van der Waals surface area contributed by atoms with Crippen LogP contribution >= 0.6 is 0 Å². The molecule has 0 aromatic carbocycles. The van der Waals surface area contributed by atoms with Crippen molar-refractivity contribution in [1.82, 2.24) is 15.0 Å². The van der Waals surface area contributed by atoms with Gasteiger partial charge < -0.3 is 14.2 Å². The van der Waals surface area contributed by atoms with Gasteiger partial charge in [0.05, 0.1) is 18.2 Å². The third kappa shape index (κ3) is 4.44. The predicted octanol–water partition coefficient (Wildman–Crippen LogP) is 2.02. The SMILES string of the molecule is CC(Cc1cnc(N2CCN(c3ncc(C(F)(F)F)cn3)CC2)o1)[N+](=O)[O-]. The summed E-state index contributed by atoms with van der Waals surface area (Å²) in [6.45, 7) is 3.47. The van der Waals surface area contributed by atoms with Gasteiger partial charge in [-0.3, -0.25) is 10.1 Å². The molecule has 0 amide bonds. The summed E-state index contributed by atoms with van der Waals surface area (Å²) in [5, 5.41) is 10.7. The van der Waals surface area contributed by atoms with Crippen molar-refractivity contribution in [3.63, 3.8) is 0 Å². The van der Waals surface area contributed by atoms with Crippen LogP contribution in [-0.2, 0) is 12.6 Å². The number of nitro groups is 1. The van der Waals surface area contributed by atoms with Gasteiger partial charge >= 0.3 is 6.18 Å². The number of halogens is 3. The van der Waals surface area contributed by atoms with E-state index in [-0.39, 0.29) is 17.3 Å². The predicted molar refractivity (Wildman–Crippen MR) is 88.1 cm³/mol. The van der Waals surface area contributed by atoms with E-state index in [1.165, 1.54) is 13.1 Å². The van der Waals surface area contributed by atoms with Crippen LogP contribution in [0.3, 0.4) is 0 Å². The lowest BCUT2D eigenvalue weighted by molar-refractivity contribution is -0.517. The highest BCUT2D eigenvalue weighted by atomic mass is 19.4. The highest BCUT2D eigenvalue weighted by molar-refractivity contribution is 5.36. The summed E-state index contributed by atoms with van der Waals surface area (Å²) >= 11 is 0. The first kappa shape index (κ1) is 18.9. The molecular weight excluding hydrogens is 369 g/mol. The normalized spacial score (nSPS) is 16.4. The number of nitrogens with zero attached hydrogens (tertiary/aromatic N) is 6. The maximum absolute atomic E-state index is 12.6. The van der Waals surface area contributed by atoms with Crippen molar-refractivity contribution in [2.45, 2.75) is 25.6 Å². The molecular formula is C15H17F3N6O3. The van der Waals surface area contributed by atoms with Crippen molar-refractivity contribution in [2.24, 2.45) is 0 Å². The number of piperazine rings is 1. The number of aromatic nitrogens is 3. The van der Waals surface area contributed by atoms with Crippen molar-refractivity contribution >= 4 is 12.0 Å². The first-order valence-electron chi connectivity index (χ1n) is 8.21. The van der Waals surface area contributed by atoms with Gasteiger partial charge in [-0.2, -0.15) is 13.2 Å². The van der Waals surface area contributed by atoms with Gasteiger partial charge in [0, 0.05) is 50.4 Å². The number of anilines is 2. The van der Waals surface area contributed by atoms with Gasteiger partial charge in [0.1, 0.15) is 5.76 Å². The molecule has 2 aromatic rings. The molecule has 1 atom stereocenters. The number of hydrogen-bond donors (Lipinski definition) is 0. The largest absolute Gasteiger partial charge is 0.428 e. The van der Waals surface area contributed by atoms with E-state index >= 15 is 0 Å². The number of oxazole rings is 1. The molecule has 1 aliphatic rings. The fraction of sp³-hybridized carbons (Fsp3) is 0.533. The van der Waals surface area contributed by atoms with Gasteiger partial charge in [-0.05, 0) is 0 Å². The van der Waals surface area contributed by atoms with Gasteiger partial charge in [0.15, 0.2) is 0 Å². The molecule has 0 spiro atoms. The summed E-state index contributed by atoms with van der Waals surface area (Å²) in [6.07, 6.45) is -1.30. The summed E-state index contributed by atoms with van der Waals surface area (Å²) in [7, 11) is 0. The molecule has 12 heteroatoms. The fourth-order valence-corrected chi connectivity index (χ4v) is 2.63. The lowest BCUT2D eigenvalue weighted by Gasteiger charge is -2.33. The van der Waals surface area contributed by atoms with Crippen molar-refractivity contribution in [3.8, 4) is 0 Å². The van der Waals surface area contributed by atoms with Crippen molar-refractivity contribution in [3.05, 3.63) is 40.0 Å². The minimum absolute atomic E-state index is 0.152. The van der Waals surface area contributed by atoms with Gasteiger partial charge in [0.2, 0.25) is 12.0 Å². The van der Waals surface area contributed by atoms with E-state index in [0.29, 0.717) is 38.0 Å². The van der Waals surface area contributed by atoms with E-state index in [0.717, 1.165) is 12.4 Å². The zero-order valence-electron chi connectivity index (χ0n) is 14.4. The fourth-order valence-electron chi connectivity index (χ4n) is 2.63. The molecule has 0 radical (unpaired) electrons.